The van der Waals surface area contributed by atoms with Gasteiger partial charge in [0.05, 0.1) is 90.4 Å². The summed E-state index contributed by atoms with van der Waals surface area (Å²) in [5.41, 5.74) is 18.7. The first-order valence-corrected chi connectivity index (χ1v) is 41.7. The molecule has 4 saturated heterocycles. The van der Waals surface area contributed by atoms with Crippen molar-refractivity contribution >= 4 is 67.2 Å². The van der Waals surface area contributed by atoms with Crippen LogP contribution in [-0.4, -0.2) is 181 Å². The van der Waals surface area contributed by atoms with Gasteiger partial charge in [0.2, 0.25) is 0 Å². The van der Waals surface area contributed by atoms with Gasteiger partial charge in [-0.15, -0.1) is 0 Å². The van der Waals surface area contributed by atoms with Crippen LogP contribution in [0.4, 0.5) is 0 Å². The van der Waals surface area contributed by atoms with Gasteiger partial charge in [-0.05, 0) is 222 Å². The molecule has 12 heterocycles. The number of benzene rings is 8. The second kappa shape index (κ2) is 35.3. The molecule has 0 unspecified atom stereocenters. The maximum absolute atomic E-state index is 13.1. The summed E-state index contributed by atoms with van der Waals surface area (Å²) in [6, 6.07) is 58.3. The van der Waals surface area contributed by atoms with Gasteiger partial charge in [-0.3, -0.25) is 58.3 Å². The molecule has 8 atom stereocenters. The van der Waals surface area contributed by atoms with Crippen molar-refractivity contribution in [3.63, 3.8) is 0 Å². The Balaban J connectivity index is 0.000000116. The number of ether oxygens (including phenoxy) is 1. The molecule has 122 heavy (non-hydrogen) atoms. The summed E-state index contributed by atoms with van der Waals surface area (Å²) < 4.78 is 13.5. The zero-order valence-electron chi connectivity index (χ0n) is 69.3. The maximum Gasteiger partial charge on any atom is 0.254 e. The van der Waals surface area contributed by atoms with Gasteiger partial charge in [0.15, 0.2) is 0 Å². The Labute approximate surface area is 706 Å². The van der Waals surface area contributed by atoms with E-state index in [0.717, 1.165) is 176 Å². The first-order chi connectivity index (χ1) is 59.4. The Bertz CT molecular complexity index is 6410. The summed E-state index contributed by atoms with van der Waals surface area (Å²) in [6.45, 7) is 18.7. The summed E-state index contributed by atoms with van der Waals surface area (Å²) in [4.78, 5) is 60.0. The van der Waals surface area contributed by atoms with E-state index in [2.05, 4.69) is 182 Å². The Morgan fingerprint density at radius 1 is 0.361 bits per heavy atom. The molecule has 8 aromatic heterocycles. The third-order valence-corrected chi connectivity index (χ3v) is 24.4. The van der Waals surface area contributed by atoms with Crippen molar-refractivity contribution < 1.29 is 23.9 Å². The number of likely N-dealkylation sites (tertiary alicyclic amines) is 4. The van der Waals surface area contributed by atoms with E-state index in [-0.39, 0.29) is 47.8 Å². The zero-order valence-corrected chi connectivity index (χ0v) is 69.3. The summed E-state index contributed by atoms with van der Waals surface area (Å²) in [6.07, 6.45) is 26.4. The highest BCUT2D eigenvalue weighted by Crippen LogP contribution is 2.36. The van der Waals surface area contributed by atoms with E-state index in [1.165, 1.54) is 5.56 Å². The number of rotatable bonds is 17. The largest absolute Gasteiger partial charge is 0.497 e. The average molecular weight is 1620 g/mol. The molecule has 0 spiro atoms. The van der Waals surface area contributed by atoms with Gasteiger partial charge in [0.1, 0.15) is 5.75 Å². The van der Waals surface area contributed by atoms with Crippen LogP contribution in [-0.2, 0) is 26.2 Å². The van der Waals surface area contributed by atoms with Crippen LogP contribution >= 0.6 is 0 Å². The van der Waals surface area contributed by atoms with Crippen molar-refractivity contribution in [2.75, 3.05) is 33.3 Å². The van der Waals surface area contributed by atoms with Gasteiger partial charge < -0.3 is 24.3 Å². The van der Waals surface area contributed by atoms with Crippen molar-refractivity contribution in [1.82, 2.24) is 99.5 Å². The van der Waals surface area contributed by atoms with Gasteiger partial charge in [-0.1, -0.05) is 71.8 Å². The summed E-state index contributed by atoms with van der Waals surface area (Å²) in [5.74, 6) is 2.48. The van der Waals surface area contributed by atoms with E-state index in [9.17, 15) is 19.2 Å². The van der Waals surface area contributed by atoms with E-state index in [4.69, 9.17) is 10.00 Å². The van der Waals surface area contributed by atoms with E-state index >= 15 is 0 Å². The van der Waals surface area contributed by atoms with E-state index in [0.29, 0.717) is 52.7 Å². The summed E-state index contributed by atoms with van der Waals surface area (Å²) >= 11 is 0. The quantitative estimate of drug-likeness (QED) is 0.0659. The predicted molar refractivity (Wildman–Crippen MR) is 470 cm³/mol. The Morgan fingerprint density at radius 3 is 1.00 bits per heavy atom. The number of aryl methyl sites for hydroxylation is 2. The first kappa shape index (κ1) is 80.1. The smallest absolute Gasteiger partial charge is 0.254 e. The molecule has 4 N–H and O–H groups in total. The van der Waals surface area contributed by atoms with Crippen LogP contribution in [0.2, 0.25) is 0 Å². The van der Waals surface area contributed by atoms with Crippen molar-refractivity contribution in [1.29, 1.82) is 5.26 Å². The number of carbonyl (C=O) groups excluding carboxylic acids is 4. The molecule has 26 nitrogen and oxygen atoms in total. The second-order valence-electron chi connectivity index (χ2n) is 33.1. The van der Waals surface area contributed by atoms with Crippen molar-refractivity contribution in [3.05, 3.63) is 283 Å². The molecule has 616 valence electrons. The van der Waals surface area contributed by atoms with Crippen molar-refractivity contribution in [2.24, 2.45) is 23.7 Å². The molecule has 26 heteroatoms. The van der Waals surface area contributed by atoms with Crippen LogP contribution in [0.1, 0.15) is 112 Å². The molecule has 0 saturated carbocycles. The minimum atomic E-state index is -0.0119. The molecule has 4 aliphatic heterocycles. The third-order valence-electron chi connectivity index (χ3n) is 24.4. The molecule has 4 amide bonds. The number of fused-ring (bicyclic) bond motifs is 4. The number of aromatic nitrogens is 16. The number of amides is 4. The van der Waals surface area contributed by atoms with Crippen LogP contribution in [0.5, 0.6) is 5.75 Å². The number of hydrogen-bond acceptors (Lipinski definition) is 14. The van der Waals surface area contributed by atoms with Crippen LogP contribution in [0.25, 0.3) is 88.1 Å². The lowest BCUT2D eigenvalue weighted by Gasteiger charge is -2.21. The van der Waals surface area contributed by atoms with Crippen LogP contribution in [0, 0.1) is 48.9 Å². The van der Waals surface area contributed by atoms with Gasteiger partial charge in [-0.25, -0.2) is 0 Å². The fraction of sp³-hybridized carbons (Fsp3) is 0.281. The molecule has 20 rings (SSSR count). The molecule has 16 aromatic rings. The lowest BCUT2D eigenvalue weighted by Crippen LogP contribution is -2.34. The first-order valence-electron chi connectivity index (χ1n) is 41.7. The van der Waals surface area contributed by atoms with E-state index < -0.39 is 0 Å². The van der Waals surface area contributed by atoms with Crippen LogP contribution < -0.4 is 4.74 Å². The van der Waals surface area contributed by atoms with Gasteiger partial charge >= 0.3 is 0 Å². The van der Waals surface area contributed by atoms with Crippen LogP contribution in [0.3, 0.4) is 0 Å². The molecule has 0 radical (unpaired) electrons. The maximum atomic E-state index is 13.1. The third kappa shape index (κ3) is 17.4. The van der Waals surface area contributed by atoms with E-state index in [1.54, 1.807) is 37.4 Å². The topological polar surface area (TPSA) is 300 Å². The SMILES string of the molecule is COc1cccc(C(=O)N2C[C@H](Cn3ncc4cc(-c5cn[nH]c5)ccc43)C[C@@H]2C)c1.C[C@H]1C[C@@H](Cn2ncc3cc(-c4cn[nH]c4)ccc32)CN1C(=O)c1cccc(C#N)c1.Cc1ccc(C(=O)N2C[C@H](Cn3ncc4cc(-c5cn[nH]c5)ccc43)C[C@@H]2C)cc1.Cc1cccc(C(=O)N2C[C@H](Cn3ncc4cc(-c5cn[nH]c5)ccc43)C[C@@H]2C)c1. The van der Waals surface area contributed by atoms with Crippen molar-refractivity contribution in [3.8, 4) is 56.3 Å². The molecule has 0 bridgehead atoms. The minimum Gasteiger partial charge on any atom is -0.497 e. The fourth-order valence-electron chi connectivity index (χ4n) is 18.1. The molecular formula is C96H97N21O5. The molecular weight excluding hydrogens is 1530 g/mol. The number of nitriles is 1. The number of H-pyrrole nitrogens is 4. The molecule has 4 fully saturated rings. The Hall–Kier alpha value is -14.4. The van der Waals surface area contributed by atoms with Crippen molar-refractivity contribution in [2.45, 2.75) is 118 Å². The number of aromatic amines is 4. The van der Waals surface area contributed by atoms with Gasteiger partial charge in [-0.2, -0.15) is 46.1 Å². The number of nitrogens with one attached hydrogen (secondary N) is 4. The Kier molecular flexibility index (Phi) is 23.2. The highest BCUT2D eigenvalue weighted by molar-refractivity contribution is 5.97. The van der Waals surface area contributed by atoms with Crippen LogP contribution in [0.15, 0.2) is 244 Å². The van der Waals surface area contributed by atoms with Gasteiger partial charge in [0, 0.05) is 167 Å². The average Bonchev–Trinajstić information content (AvgIpc) is 1.66. The summed E-state index contributed by atoms with van der Waals surface area (Å²) in [7, 11) is 1.62. The minimum absolute atomic E-state index is 0.0119. The monoisotopic (exact) mass is 1620 g/mol. The zero-order chi connectivity index (χ0) is 84.1. The Morgan fingerprint density at radius 2 is 0.680 bits per heavy atom. The lowest BCUT2D eigenvalue weighted by atomic mass is 10.1. The lowest BCUT2D eigenvalue weighted by molar-refractivity contribution is 0.0734. The van der Waals surface area contributed by atoms with E-state index in [1.807, 2.05) is 179 Å². The molecule has 8 aromatic carbocycles. The summed E-state index contributed by atoms with van der Waals surface area (Å²) in [5, 5.41) is 59.6. The molecule has 0 aliphatic carbocycles. The fourth-order valence-corrected chi connectivity index (χ4v) is 18.1. The highest BCUT2D eigenvalue weighted by atomic mass is 16.5. The number of carbonyl (C=O) groups is 4. The predicted octanol–water partition coefficient (Wildman–Crippen LogP) is 16.4. The second-order valence-corrected chi connectivity index (χ2v) is 33.1. The van der Waals surface area contributed by atoms with Gasteiger partial charge in [0.25, 0.3) is 23.6 Å². The molecule has 4 aliphatic rings. The standard InChI is InChI=1S/C24H22N6O.C24H25N5O2.2C24H25N5O/c1-16-7-18(14-29(16)24(31)20-4-2-3-17(8-20)10-25)15-30-23-6-5-19(9-21(23)13-28-30)22-11-26-27-12-22;1-16-8-17(14-28(16)24(30)19-4-3-5-22(10-19)31-2)15-29-23-7-6-18(9-20(23)13-27-29)21-11-25-26-12-21;1-16-3-5-19(6-4-16)24(30)28-14-18(9-17(28)2)15-29-23-8-7-20(10-21(23)13-27-29)22-11-25-26-12-22;1-16-4-3-5-20(8-16)24(30)28-14-18(9-17(28)2)15-29-23-7-6-19(10-21(23)13-27-29)22-11-25-26-12-22/h2-6,8-9,11-13,16,18H,7,14-15H2,1H3,(H,26,27);3-7,9-13,16-17H,8,14-15H2,1-2H3,(H,25,26);2*3-8,10-13,17-18H,9,14-15H2,1-2H3,(H,25,26)/t16-,18+;16-,17+;2*17-,18+/m0000/s1. The normalized spacial score (nSPS) is 18.7. The highest BCUT2D eigenvalue weighted by Gasteiger charge is 2.38. The number of methoxy groups -OCH3 is 1. The number of nitrogens with zero attached hydrogens (tertiary/aromatic N) is 17. The number of hydrogen-bond donors (Lipinski definition) is 4.